The maximum absolute atomic E-state index is 12.0. The normalized spacial score (nSPS) is 21.9. The summed E-state index contributed by atoms with van der Waals surface area (Å²) in [6.45, 7) is 11.1. The summed E-state index contributed by atoms with van der Waals surface area (Å²) in [4.78, 5) is 14.5. The molecular formula is C15H30N2O2. The molecule has 1 fully saturated rings. The zero-order chi connectivity index (χ0) is 14.3. The fourth-order valence-corrected chi connectivity index (χ4v) is 2.38. The standard InChI is InChI=1S/C15H30N2O2/c1-4-13(3)15(16)14(18)11-12(2)5-6-17-7-9-19-10-8-17/h12-13,15H,4-11,16H2,1-3H3. The zero-order valence-corrected chi connectivity index (χ0v) is 12.7. The van der Waals surface area contributed by atoms with E-state index in [1.54, 1.807) is 0 Å². The van der Waals surface area contributed by atoms with Crippen LogP contribution in [-0.2, 0) is 9.53 Å². The van der Waals surface area contributed by atoms with Gasteiger partial charge in [0.25, 0.3) is 0 Å². The Labute approximate surface area is 117 Å². The Bertz CT molecular complexity index is 265. The van der Waals surface area contributed by atoms with E-state index in [-0.39, 0.29) is 11.8 Å². The monoisotopic (exact) mass is 270 g/mol. The van der Waals surface area contributed by atoms with E-state index in [2.05, 4.69) is 25.7 Å². The van der Waals surface area contributed by atoms with Crippen LogP contribution < -0.4 is 5.73 Å². The molecular weight excluding hydrogens is 240 g/mol. The molecule has 1 aliphatic heterocycles. The van der Waals surface area contributed by atoms with Crippen LogP contribution in [0.15, 0.2) is 0 Å². The van der Waals surface area contributed by atoms with Crippen molar-refractivity contribution in [3.8, 4) is 0 Å². The SMILES string of the molecule is CCC(C)C(N)C(=O)CC(C)CCN1CCOCC1. The predicted molar refractivity (Wildman–Crippen MR) is 78.1 cm³/mol. The molecule has 19 heavy (non-hydrogen) atoms. The average molecular weight is 270 g/mol. The molecule has 0 aromatic heterocycles. The summed E-state index contributed by atoms with van der Waals surface area (Å²) in [7, 11) is 0. The number of carbonyl (C=O) groups is 1. The topological polar surface area (TPSA) is 55.6 Å². The van der Waals surface area contributed by atoms with Gasteiger partial charge in [0.15, 0.2) is 0 Å². The van der Waals surface area contributed by atoms with Crippen LogP contribution in [0, 0.1) is 11.8 Å². The van der Waals surface area contributed by atoms with Crippen LogP contribution in [-0.4, -0.2) is 49.6 Å². The van der Waals surface area contributed by atoms with E-state index in [0.717, 1.165) is 45.7 Å². The van der Waals surface area contributed by atoms with Gasteiger partial charge >= 0.3 is 0 Å². The molecule has 2 N–H and O–H groups in total. The lowest BCUT2D eigenvalue weighted by Crippen LogP contribution is -2.39. The Kier molecular flexibility index (Phi) is 7.57. The van der Waals surface area contributed by atoms with Crippen molar-refractivity contribution in [1.82, 2.24) is 4.90 Å². The number of nitrogens with two attached hydrogens (primary N) is 1. The second-order valence-corrected chi connectivity index (χ2v) is 5.93. The summed E-state index contributed by atoms with van der Waals surface area (Å²) in [5, 5.41) is 0. The molecule has 0 radical (unpaired) electrons. The molecule has 112 valence electrons. The molecule has 1 aliphatic rings. The second-order valence-electron chi connectivity index (χ2n) is 5.93. The third-order valence-electron chi connectivity index (χ3n) is 4.22. The molecule has 0 aliphatic carbocycles. The van der Waals surface area contributed by atoms with E-state index in [0.29, 0.717) is 18.3 Å². The average Bonchev–Trinajstić information content (AvgIpc) is 2.44. The van der Waals surface area contributed by atoms with Gasteiger partial charge in [-0.15, -0.1) is 0 Å². The molecule has 0 aromatic rings. The quantitative estimate of drug-likeness (QED) is 0.729. The Morgan fingerprint density at radius 1 is 1.32 bits per heavy atom. The van der Waals surface area contributed by atoms with Crippen molar-refractivity contribution >= 4 is 5.78 Å². The number of morpholine rings is 1. The van der Waals surface area contributed by atoms with Gasteiger partial charge in [0.2, 0.25) is 0 Å². The Morgan fingerprint density at radius 3 is 2.53 bits per heavy atom. The van der Waals surface area contributed by atoms with Gasteiger partial charge in [0, 0.05) is 19.5 Å². The Balaban J connectivity index is 2.22. The van der Waals surface area contributed by atoms with Gasteiger partial charge in [-0.25, -0.2) is 0 Å². The molecule has 0 amide bonds. The third kappa shape index (κ3) is 6.02. The largest absolute Gasteiger partial charge is 0.379 e. The van der Waals surface area contributed by atoms with Crippen molar-refractivity contribution in [3.05, 3.63) is 0 Å². The third-order valence-corrected chi connectivity index (χ3v) is 4.22. The highest BCUT2D eigenvalue weighted by Gasteiger charge is 2.21. The lowest BCUT2D eigenvalue weighted by Gasteiger charge is -2.27. The van der Waals surface area contributed by atoms with Crippen molar-refractivity contribution in [2.75, 3.05) is 32.8 Å². The second kappa shape index (κ2) is 8.67. The summed E-state index contributed by atoms with van der Waals surface area (Å²) in [6, 6.07) is -0.282. The molecule has 0 bridgehead atoms. The first-order chi connectivity index (χ1) is 9.04. The van der Waals surface area contributed by atoms with Gasteiger partial charge in [-0.1, -0.05) is 27.2 Å². The zero-order valence-electron chi connectivity index (χ0n) is 12.7. The number of Topliss-reactive ketones (excluding diaryl/α,β-unsaturated/α-hetero) is 1. The van der Waals surface area contributed by atoms with E-state index in [1.807, 2.05) is 0 Å². The van der Waals surface area contributed by atoms with E-state index in [4.69, 9.17) is 10.5 Å². The summed E-state index contributed by atoms with van der Waals surface area (Å²) < 4.78 is 5.33. The van der Waals surface area contributed by atoms with Crippen LogP contribution in [0.1, 0.15) is 40.0 Å². The van der Waals surface area contributed by atoms with Crippen LogP contribution >= 0.6 is 0 Å². The first kappa shape index (κ1) is 16.6. The molecule has 0 spiro atoms. The minimum Gasteiger partial charge on any atom is -0.379 e. The Hall–Kier alpha value is -0.450. The van der Waals surface area contributed by atoms with Crippen molar-refractivity contribution in [1.29, 1.82) is 0 Å². The number of carbonyl (C=O) groups excluding carboxylic acids is 1. The lowest BCUT2D eigenvalue weighted by molar-refractivity contribution is -0.122. The number of hydrogen-bond acceptors (Lipinski definition) is 4. The highest BCUT2D eigenvalue weighted by Crippen LogP contribution is 2.14. The molecule has 1 heterocycles. The van der Waals surface area contributed by atoms with E-state index < -0.39 is 0 Å². The van der Waals surface area contributed by atoms with Gasteiger partial charge in [0.05, 0.1) is 19.3 Å². The summed E-state index contributed by atoms with van der Waals surface area (Å²) >= 11 is 0. The van der Waals surface area contributed by atoms with Gasteiger partial charge in [-0.05, 0) is 24.8 Å². The van der Waals surface area contributed by atoms with E-state index in [9.17, 15) is 4.79 Å². The minimum atomic E-state index is -0.282. The number of ketones is 1. The van der Waals surface area contributed by atoms with Crippen molar-refractivity contribution in [3.63, 3.8) is 0 Å². The number of rotatable bonds is 8. The van der Waals surface area contributed by atoms with Gasteiger partial charge in [0.1, 0.15) is 5.78 Å². The maximum atomic E-state index is 12.0. The molecule has 3 unspecified atom stereocenters. The summed E-state index contributed by atoms with van der Waals surface area (Å²) in [6.07, 6.45) is 2.66. The molecule has 3 atom stereocenters. The minimum absolute atomic E-state index is 0.226. The Morgan fingerprint density at radius 2 is 1.95 bits per heavy atom. The molecule has 4 heteroatoms. The van der Waals surface area contributed by atoms with Crippen molar-refractivity contribution in [2.45, 2.75) is 46.1 Å². The van der Waals surface area contributed by atoms with Gasteiger partial charge in [-0.3, -0.25) is 9.69 Å². The van der Waals surface area contributed by atoms with E-state index >= 15 is 0 Å². The number of ether oxygens (including phenoxy) is 1. The smallest absolute Gasteiger partial charge is 0.150 e. The first-order valence-corrected chi connectivity index (χ1v) is 7.63. The first-order valence-electron chi connectivity index (χ1n) is 7.63. The number of nitrogens with zero attached hydrogens (tertiary/aromatic N) is 1. The number of hydrogen-bond donors (Lipinski definition) is 1. The summed E-state index contributed by atoms with van der Waals surface area (Å²) in [5.74, 6) is 0.938. The fourth-order valence-electron chi connectivity index (χ4n) is 2.38. The van der Waals surface area contributed by atoms with Crippen LogP contribution in [0.5, 0.6) is 0 Å². The molecule has 0 aromatic carbocycles. The molecule has 1 rings (SSSR count). The van der Waals surface area contributed by atoms with Gasteiger partial charge in [-0.2, -0.15) is 0 Å². The molecule has 0 saturated carbocycles. The predicted octanol–water partition coefficient (Wildman–Crippen LogP) is 1.68. The van der Waals surface area contributed by atoms with Crippen LogP contribution in [0.4, 0.5) is 0 Å². The van der Waals surface area contributed by atoms with Crippen molar-refractivity contribution in [2.24, 2.45) is 17.6 Å². The lowest BCUT2D eigenvalue weighted by atomic mass is 9.90. The van der Waals surface area contributed by atoms with E-state index in [1.165, 1.54) is 0 Å². The molecule has 1 saturated heterocycles. The maximum Gasteiger partial charge on any atom is 0.150 e. The highest BCUT2D eigenvalue weighted by molar-refractivity contribution is 5.84. The van der Waals surface area contributed by atoms with Crippen LogP contribution in [0.3, 0.4) is 0 Å². The van der Waals surface area contributed by atoms with Crippen molar-refractivity contribution < 1.29 is 9.53 Å². The fraction of sp³-hybridized carbons (Fsp3) is 0.933. The van der Waals surface area contributed by atoms with Gasteiger partial charge < -0.3 is 10.5 Å². The van der Waals surface area contributed by atoms with Crippen LogP contribution in [0.2, 0.25) is 0 Å². The molecule has 4 nitrogen and oxygen atoms in total. The highest BCUT2D eigenvalue weighted by atomic mass is 16.5. The van der Waals surface area contributed by atoms with Crippen LogP contribution in [0.25, 0.3) is 0 Å². The summed E-state index contributed by atoms with van der Waals surface area (Å²) in [5.41, 5.74) is 5.98.